The van der Waals surface area contributed by atoms with Crippen LogP contribution in [0.2, 0.25) is 0 Å². The molecule has 0 saturated heterocycles. The monoisotopic (exact) mass is 400 g/mol. The number of aromatic amines is 1. The van der Waals surface area contributed by atoms with Crippen molar-refractivity contribution in [2.45, 2.75) is 57.4 Å². The lowest BCUT2D eigenvalue weighted by Gasteiger charge is -2.20. The van der Waals surface area contributed by atoms with Crippen LogP contribution in [0.5, 0.6) is 0 Å². The number of hydrogen-bond acceptors (Lipinski definition) is 5. The molecule has 2 aromatic heterocycles. The summed E-state index contributed by atoms with van der Waals surface area (Å²) in [6.45, 7) is 5.73. The Labute approximate surface area is 164 Å². The number of hydrogen-bond donors (Lipinski definition) is 2. The van der Waals surface area contributed by atoms with Gasteiger partial charge in [0.25, 0.3) is 5.89 Å². The summed E-state index contributed by atoms with van der Waals surface area (Å²) in [4.78, 5) is 3.28. The van der Waals surface area contributed by atoms with E-state index in [4.69, 9.17) is 4.42 Å². The van der Waals surface area contributed by atoms with Gasteiger partial charge in [0.15, 0.2) is 0 Å². The summed E-state index contributed by atoms with van der Waals surface area (Å²) in [5.41, 5.74) is 3.66. The number of benzene rings is 1. The Morgan fingerprint density at radius 1 is 1.14 bits per heavy atom. The lowest BCUT2D eigenvalue weighted by atomic mass is 9.85. The maximum atomic E-state index is 13.1. The van der Waals surface area contributed by atoms with Crippen LogP contribution >= 0.6 is 0 Å². The van der Waals surface area contributed by atoms with Crippen LogP contribution < -0.4 is 4.72 Å². The number of nitrogens with zero attached hydrogens (tertiary/aromatic N) is 2. The van der Waals surface area contributed by atoms with Crippen LogP contribution in [0, 0.1) is 20.8 Å². The normalized spacial score (nSPS) is 15.0. The van der Waals surface area contributed by atoms with Gasteiger partial charge in [-0.05, 0) is 44.7 Å². The summed E-state index contributed by atoms with van der Waals surface area (Å²) in [5.74, 6) is 1.14. The van der Waals surface area contributed by atoms with E-state index in [2.05, 4.69) is 19.9 Å². The molecule has 0 radical (unpaired) electrons. The highest BCUT2D eigenvalue weighted by molar-refractivity contribution is 7.89. The van der Waals surface area contributed by atoms with E-state index in [1.165, 1.54) is 0 Å². The van der Waals surface area contributed by atoms with Gasteiger partial charge in [-0.15, -0.1) is 10.2 Å². The Morgan fingerprint density at radius 3 is 2.57 bits per heavy atom. The average Bonchev–Trinajstić information content (AvgIpc) is 3.17. The van der Waals surface area contributed by atoms with Gasteiger partial charge < -0.3 is 9.40 Å². The Balaban J connectivity index is 1.67. The van der Waals surface area contributed by atoms with Crippen LogP contribution in [0.4, 0.5) is 0 Å². The van der Waals surface area contributed by atoms with E-state index in [-0.39, 0.29) is 17.3 Å². The van der Waals surface area contributed by atoms with Crippen molar-refractivity contribution in [3.05, 3.63) is 52.7 Å². The third kappa shape index (κ3) is 3.38. The van der Waals surface area contributed by atoms with E-state index in [0.717, 1.165) is 30.4 Å². The second-order valence-corrected chi connectivity index (χ2v) is 9.11. The molecule has 0 spiro atoms. The molecule has 0 bridgehead atoms. The molecule has 8 heteroatoms. The van der Waals surface area contributed by atoms with Gasteiger partial charge in [-0.3, -0.25) is 0 Å². The van der Waals surface area contributed by atoms with E-state index >= 15 is 0 Å². The van der Waals surface area contributed by atoms with Gasteiger partial charge in [0.1, 0.15) is 4.90 Å². The maximum Gasteiger partial charge on any atom is 0.250 e. The predicted molar refractivity (Wildman–Crippen MR) is 105 cm³/mol. The van der Waals surface area contributed by atoms with Gasteiger partial charge in [-0.1, -0.05) is 30.7 Å². The molecule has 0 unspecified atom stereocenters. The number of aromatic nitrogens is 3. The van der Waals surface area contributed by atoms with Crippen LogP contribution in [0.1, 0.15) is 53.6 Å². The molecule has 3 aromatic rings. The summed E-state index contributed by atoms with van der Waals surface area (Å²) in [7, 11) is -3.78. The zero-order valence-electron chi connectivity index (χ0n) is 16.2. The molecule has 7 nitrogen and oxygen atoms in total. The molecular formula is C20H24N4O3S. The van der Waals surface area contributed by atoms with Crippen LogP contribution in [0.3, 0.4) is 0 Å². The molecule has 1 saturated carbocycles. The largest absolute Gasteiger partial charge is 0.420 e. The minimum absolute atomic E-state index is 0.169. The predicted octanol–water partition coefficient (Wildman–Crippen LogP) is 3.74. The lowest BCUT2D eigenvalue weighted by Crippen LogP contribution is -2.24. The fraction of sp³-hybridized carbons (Fsp3) is 0.400. The Hall–Kier alpha value is -2.45. The van der Waals surface area contributed by atoms with Crippen molar-refractivity contribution in [3.63, 3.8) is 0 Å². The third-order valence-electron chi connectivity index (χ3n) is 5.41. The molecule has 2 heterocycles. The first kappa shape index (κ1) is 18.9. The summed E-state index contributed by atoms with van der Waals surface area (Å²) in [5, 5.41) is 8.29. The van der Waals surface area contributed by atoms with Gasteiger partial charge in [0.05, 0.1) is 5.56 Å². The lowest BCUT2D eigenvalue weighted by molar-refractivity contribution is 0.338. The Bertz CT molecular complexity index is 1110. The van der Waals surface area contributed by atoms with Crippen molar-refractivity contribution in [1.82, 2.24) is 19.9 Å². The van der Waals surface area contributed by atoms with Gasteiger partial charge in [-0.25, -0.2) is 13.1 Å². The fourth-order valence-corrected chi connectivity index (χ4v) is 5.01. The zero-order valence-corrected chi connectivity index (χ0v) is 17.1. The minimum Gasteiger partial charge on any atom is -0.420 e. The first-order valence-electron chi connectivity index (χ1n) is 9.44. The van der Waals surface area contributed by atoms with E-state index in [9.17, 15) is 8.42 Å². The van der Waals surface area contributed by atoms with Crippen LogP contribution in [0.25, 0.3) is 11.5 Å². The molecule has 4 rings (SSSR count). The van der Waals surface area contributed by atoms with Gasteiger partial charge in [0, 0.05) is 23.9 Å². The molecule has 1 aliphatic carbocycles. The number of nitrogens with one attached hydrogen (secondary N) is 2. The minimum atomic E-state index is -3.78. The van der Waals surface area contributed by atoms with E-state index in [0.29, 0.717) is 28.8 Å². The van der Waals surface area contributed by atoms with Crippen molar-refractivity contribution < 1.29 is 12.8 Å². The Kier molecular flexibility index (Phi) is 4.84. The maximum absolute atomic E-state index is 13.1. The highest BCUT2D eigenvalue weighted by Crippen LogP contribution is 2.38. The highest BCUT2D eigenvalue weighted by atomic mass is 32.2. The molecule has 148 valence electrons. The average molecular weight is 401 g/mol. The topological polar surface area (TPSA) is 101 Å². The molecule has 1 aliphatic rings. The molecular weight excluding hydrogens is 376 g/mol. The van der Waals surface area contributed by atoms with Crippen LogP contribution in [-0.2, 0) is 16.6 Å². The summed E-state index contributed by atoms with van der Waals surface area (Å²) >= 11 is 0. The quantitative estimate of drug-likeness (QED) is 0.656. The Morgan fingerprint density at radius 2 is 1.89 bits per heavy atom. The van der Waals surface area contributed by atoms with Crippen molar-refractivity contribution in [2.75, 3.05) is 0 Å². The summed E-state index contributed by atoms with van der Waals surface area (Å²) in [6, 6.07) is 7.70. The summed E-state index contributed by atoms with van der Waals surface area (Å²) in [6.07, 6.45) is 3.24. The molecule has 1 fully saturated rings. The number of rotatable bonds is 6. The van der Waals surface area contributed by atoms with E-state index in [1.807, 2.05) is 38.1 Å². The third-order valence-corrected chi connectivity index (χ3v) is 6.98. The van der Waals surface area contributed by atoms with Gasteiger partial charge in [0.2, 0.25) is 15.9 Å². The van der Waals surface area contributed by atoms with Crippen LogP contribution in [0.15, 0.2) is 33.6 Å². The molecule has 1 aromatic carbocycles. The van der Waals surface area contributed by atoms with E-state index < -0.39 is 10.0 Å². The molecule has 2 N–H and O–H groups in total. The molecule has 0 amide bonds. The molecule has 28 heavy (non-hydrogen) atoms. The van der Waals surface area contributed by atoms with Gasteiger partial charge >= 0.3 is 0 Å². The second kappa shape index (κ2) is 7.18. The van der Waals surface area contributed by atoms with Crippen molar-refractivity contribution in [1.29, 1.82) is 0 Å². The zero-order chi connectivity index (χ0) is 19.9. The SMILES string of the molecule is Cc1ccccc1CNS(=O)(=O)c1c(C)[nH]c(C)c1-c1nnc(C2CCC2)o1. The van der Waals surface area contributed by atoms with Crippen molar-refractivity contribution in [3.8, 4) is 11.5 Å². The smallest absolute Gasteiger partial charge is 0.250 e. The molecule has 0 atom stereocenters. The first-order chi connectivity index (χ1) is 13.4. The van der Waals surface area contributed by atoms with Crippen molar-refractivity contribution in [2.24, 2.45) is 0 Å². The molecule has 0 aliphatic heterocycles. The van der Waals surface area contributed by atoms with Crippen molar-refractivity contribution >= 4 is 10.0 Å². The standard InChI is InChI=1S/C20H24N4O3S/c1-12-7-4-5-8-16(12)11-21-28(25,26)18-14(3)22-13(2)17(18)20-24-23-19(27-20)15-9-6-10-15/h4-5,7-8,15,21-22H,6,9-11H2,1-3H3. The highest BCUT2D eigenvalue weighted by Gasteiger charge is 2.31. The van der Waals surface area contributed by atoms with Crippen LogP contribution in [-0.4, -0.2) is 23.6 Å². The van der Waals surface area contributed by atoms with Gasteiger partial charge in [-0.2, -0.15) is 0 Å². The number of H-pyrrole nitrogens is 1. The second-order valence-electron chi connectivity index (χ2n) is 7.40. The number of aryl methyl sites for hydroxylation is 3. The number of sulfonamides is 1. The van der Waals surface area contributed by atoms with E-state index in [1.54, 1.807) is 6.92 Å². The first-order valence-corrected chi connectivity index (χ1v) is 10.9. The summed E-state index contributed by atoms with van der Waals surface area (Å²) < 4.78 is 34.8. The fourth-order valence-electron chi connectivity index (χ4n) is 3.56.